The number of ketones is 1. The lowest BCUT2D eigenvalue weighted by Gasteiger charge is -2.16. The van der Waals surface area contributed by atoms with Gasteiger partial charge in [0.15, 0.2) is 0 Å². The highest BCUT2D eigenvalue weighted by Crippen LogP contribution is 2.23. The van der Waals surface area contributed by atoms with E-state index in [9.17, 15) is 14.4 Å². The van der Waals surface area contributed by atoms with Gasteiger partial charge in [0, 0.05) is 23.9 Å². The van der Waals surface area contributed by atoms with E-state index in [2.05, 4.69) is 24.7 Å². The molecule has 0 bridgehead atoms. The van der Waals surface area contributed by atoms with Crippen LogP contribution in [0.15, 0.2) is 83.5 Å². The van der Waals surface area contributed by atoms with E-state index in [1.54, 1.807) is 12.2 Å². The summed E-state index contributed by atoms with van der Waals surface area (Å²) in [7, 11) is 1.34. The molecule has 1 saturated carbocycles. The quantitative estimate of drug-likeness (QED) is 0.120. The summed E-state index contributed by atoms with van der Waals surface area (Å²) in [5.41, 5.74) is 1.03. The summed E-state index contributed by atoms with van der Waals surface area (Å²) < 4.78 is 4.52. The maximum Gasteiger partial charge on any atom is 0.330 e. The van der Waals surface area contributed by atoms with E-state index in [4.69, 9.17) is 16.7 Å². The number of Topliss-reactive ketones (excluding diaryl/α,β-unsaturated/α-hetero) is 1. The molecule has 0 spiro atoms. The van der Waals surface area contributed by atoms with Crippen molar-refractivity contribution < 1.29 is 24.2 Å². The number of hydrogen-bond donors (Lipinski definition) is 1. The molecule has 1 aliphatic rings. The van der Waals surface area contributed by atoms with Crippen molar-refractivity contribution in [2.75, 3.05) is 7.11 Å². The number of hydrogen-bond acceptors (Lipinski definition) is 4. The molecule has 0 aromatic carbocycles. The summed E-state index contributed by atoms with van der Waals surface area (Å²) in [5, 5.41) is 9.28. The molecule has 0 aromatic rings. The van der Waals surface area contributed by atoms with Crippen molar-refractivity contribution in [2.24, 2.45) is 17.8 Å². The van der Waals surface area contributed by atoms with Gasteiger partial charge in [-0.1, -0.05) is 118 Å². The van der Waals surface area contributed by atoms with Crippen molar-refractivity contribution in [3.05, 3.63) is 83.5 Å². The number of rotatable bonds is 15. The van der Waals surface area contributed by atoms with E-state index in [-0.39, 0.29) is 23.6 Å². The first-order valence-electron chi connectivity index (χ1n) is 14.3. The first kappa shape index (κ1) is 37.1. The molecule has 0 saturated heterocycles. The van der Waals surface area contributed by atoms with Gasteiger partial charge in [-0.25, -0.2) is 4.79 Å². The number of halogens is 1. The zero-order valence-electron chi connectivity index (χ0n) is 25.0. The number of ether oxygens (including phenoxy) is 1. The van der Waals surface area contributed by atoms with Crippen LogP contribution in [0.4, 0.5) is 0 Å². The lowest BCUT2D eigenvalue weighted by atomic mass is 9.90. The highest BCUT2D eigenvalue weighted by molar-refractivity contribution is 6.29. The fourth-order valence-electron chi connectivity index (χ4n) is 3.68. The molecule has 1 fully saturated rings. The first-order chi connectivity index (χ1) is 19.1. The summed E-state index contributed by atoms with van der Waals surface area (Å²) in [6.07, 6.45) is 30.4. The van der Waals surface area contributed by atoms with Crippen molar-refractivity contribution in [3.8, 4) is 0 Å². The predicted molar refractivity (Wildman–Crippen MR) is 167 cm³/mol. The molecule has 0 aromatic heterocycles. The standard InChI is InChI=1S/C27H37ClO3.C7H12O2/c1-22(2)14-8-6-7-9-17-25(29)21-20-24(4)26(28)18-12-10-15-23(3)16-11-13-19-27(30)31-5;8-7(9)6-4-2-1-3-5-6/h6-8,10-16,18-19,22,24H,9,17,20-21H2,1-5H3;6H,1-5H2,(H,8,9)/b7-6+,12-10+,14-8+,16-11+,19-13+,23-15+,26-18-;. The molecule has 40 heavy (non-hydrogen) atoms. The summed E-state index contributed by atoms with van der Waals surface area (Å²) >= 11 is 6.36. The van der Waals surface area contributed by atoms with Gasteiger partial charge < -0.3 is 9.84 Å². The van der Waals surface area contributed by atoms with Gasteiger partial charge in [0.25, 0.3) is 0 Å². The van der Waals surface area contributed by atoms with E-state index in [0.29, 0.717) is 18.8 Å². The molecule has 5 nitrogen and oxygen atoms in total. The molecule has 1 unspecified atom stereocenters. The Kier molecular flexibility index (Phi) is 22.2. The third kappa shape index (κ3) is 22.0. The van der Waals surface area contributed by atoms with Gasteiger partial charge in [-0.2, -0.15) is 0 Å². The van der Waals surface area contributed by atoms with Crippen molar-refractivity contribution in [1.29, 1.82) is 0 Å². The molecular formula is C34H49ClO5. The third-order valence-corrected chi connectivity index (χ3v) is 6.74. The second-order valence-corrected chi connectivity index (χ2v) is 10.8. The maximum absolute atomic E-state index is 12.0. The van der Waals surface area contributed by atoms with Crippen molar-refractivity contribution >= 4 is 29.3 Å². The Morgan fingerprint density at radius 3 is 2.15 bits per heavy atom. The van der Waals surface area contributed by atoms with E-state index in [0.717, 1.165) is 49.1 Å². The molecule has 1 N–H and O–H groups in total. The SMILES string of the molecule is COC(=O)/C=C/C=C/C(C)=C/C=C/C=C(\Cl)C(C)CCC(=O)CC/C=C/C=C/C(C)C.O=C(O)C1CCCCC1. The fourth-order valence-corrected chi connectivity index (χ4v) is 3.86. The highest BCUT2D eigenvalue weighted by Gasteiger charge is 2.19. The van der Waals surface area contributed by atoms with E-state index < -0.39 is 5.97 Å². The summed E-state index contributed by atoms with van der Waals surface area (Å²) in [6.45, 7) is 8.26. The zero-order chi connectivity index (χ0) is 30.2. The number of aliphatic carboxylic acids is 1. The number of carbonyl (C=O) groups excluding carboxylic acids is 2. The van der Waals surface area contributed by atoms with E-state index in [1.165, 1.54) is 19.6 Å². The molecular weight excluding hydrogens is 524 g/mol. The fraction of sp³-hybridized carbons (Fsp3) is 0.500. The summed E-state index contributed by atoms with van der Waals surface area (Å²) in [5.74, 6) is -0.0511. The molecule has 1 atom stereocenters. The Hall–Kier alpha value is -2.92. The number of carboxylic acid groups (broad SMARTS) is 1. The monoisotopic (exact) mass is 572 g/mol. The van der Waals surface area contributed by atoms with Crippen LogP contribution in [-0.4, -0.2) is 29.9 Å². The lowest BCUT2D eigenvalue weighted by Crippen LogP contribution is -2.16. The van der Waals surface area contributed by atoms with E-state index >= 15 is 0 Å². The Morgan fingerprint density at radius 1 is 0.900 bits per heavy atom. The van der Waals surface area contributed by atoms with Gasteiger partial charge in [0.1, 0.15) is 5.78 Å². The van der Waals surface area contributed by atoms with Crippen molar-refractivity contribution in [3.63, 3.8) is 0 Å². The van der Waals surface area contributed by atoms with Crippen LogP contribution in [0.3, 0.4) is 0 Å². The summed E-state index contributed by atoms with van der Waals surface area (Å²) in [4.78, 5) is 33.3. The van der Waals surface area contributed by atoms with Crippen LogP contribution in [0.25, 0.3) is 0 Å². The van der Waals surface area contributed by atoms with Crippen LogP contribution in [0.5, 0.6) is 0 Å². The molecule has 222 valence electrons. The Labute approximate surface area is 247 Å². The minimum absolute atomic E-state index is 0.0289. The number of methoxy groups -OCH3 is 1. The smallest absolute Gasteiger partial charge is 0.330 e. The number of carboxylic acids is 1. The second-order valence-electron chi connectivity index (χ2n) is 10.3. The van der Waals surface area contributed by atoms with Gasteiger partial charge in [-0.15, -0.1) is 0 Å². The molecule has 0 radical (unpaired) electrons. The van der Waals surface area contributed by atoms with Crippen LogP contribution < -0.4 is 0 Å². The Morgan fingerprint density at radius 2 is 1.55 bits per heavy atom. The van der Waals surface area contributed by atoms with Gasteiger partial charge >= 0.3 is 11.9 Å². The van der Waals surface area contributed by atoms with Crippen LogP contribution >= 0.6 is 11.6 Å². The summed E-state index contributed by atoms with van der Waals surface area (Å²) in [6, 6.07) is 0. The topological polar surface area (TPSA) is 80.7 Å². The maximum atomic E-state index is 12.0. The Balaban J connectivity index is 0.00000141. The van der Waals surface area contributed by atoms with Crippen LogP contribution in [-0.2, 0) is 19.1 Å². The van der Waals surface area contributed by atoms with E-state index in [1.807, 2.05) is 62.5 Å². The minimum Gasteiger partial charge on any atom is -0.481 e. The largest absolute Gasteiger partial charge is 0.481 e. The van der Waals surface area contributed by atoms with Crippen molar-refractivity contribution in [2.45, 2.75) is 85.5 Å². The number of carbonyl (C=O) groups is 3. The molecule has 0 heterocycles. The zero-order valence-corrected chi connectivity index (χ0v) is 25.7. The second kappa shape index (κ2) is 23.9. The average Bonchev–Trinajstić information content (AvgIpc) is 2.94. The number of esters is 1. The highest BCUT2D eigenvalue weighted by atomic mass is 35.5. The minimum atomic E-state index is -0.602. The van der Waals surface area contributed by atoms with Crippen molar-refractivity contribution in [1.82, 2.24) is 0 Å². The van der Waals surface area contributed by atoms with Gasteiger partial charge in [0.05, 0.1) is 13.0 Å². The third-order valence-electron chi connectivity index (χ3n) is 6.24. The molecule has 6 heteroatoms. The van der Waals surface area contributed by atoms with Crippen LogP contribution in [0.2, 0.25) is 0 Å². The van der Waals surface area contributed by atoms with Gasteiger partial charge in [-0.05, 0) is 50.5 Å². The van der Waals surface area contributed by atoms with Gasteiger partial charge in [0.2, 0.25) is 0 Å². The molecule has 0 amide bonds. The Bertz CT molecular complexity index is 957. The van der Waals surface area contributed by atoms with Crippen LogP contribution in [0, 0.1) is 17.8 Å². The number of allylic oxidation sites excluding steroid dienone is 13. The average molecular weight is 573 g/mol. The predicted octanol–water partition coefficient (Wildman–Crippen LogP) is 9.08. The molecule has 0 aliphatic heterocycles. The normalized spacial score (nSPS) is 16.4. The molecule has 1 aliphatic carbocycles. The van der Waals surface area contributed by atoms with Gasteiger partial charge in [-0.3, -0.25) is 9.59 Å². The lowest BCUT2D eigenvalue weighted by molar-refractivity contribution is -0.142. The molecule has 1 rings (SSSR count). The first-order valence-corrected chi connectivity index (χ1v) is 14.7. The van der Waals surface area contributed by atoms with Crippen LogP contribution in [0.1, 0.15) is 85.5 Å².